The van der Waals surface area contributed by atoms with Gasteiger partial charge in [-0.2, -0.15) is 5.26 Å². The van der Waals surface area contributed by atoms with Gasteiger partial charge in [0.15, 0.2) is 0 Å². The van der Waals surface area contributed by atoms with Gasteiger partial charge in [-0.3, -0.25) is 9.78 Å². The molecule has 45 heavy (non-hydrogen) atoms. The van der Waals surface area contributed by atoms with E-state index in [0.29, 0.717) is 48.9 Å². The van der Waals surface area contributed by atoms with Gasteiger partial charge < -0.3 is 29.7 Å². The predicted molar refractivity (Wildman–Crippen MR) is 173 cm³/mol. The summed E-state index contributed by atoms with van der Waals surface area (Å²) in [6, 6.07) is 22.3. The SMILES string of the molecule is N#Cc1cnc2cc(OC3CCOC3)c(NC(=O)C=C3CCNCC3)cc2c1N1CCc2ccc(OCc3ccccc3)cc21. The Bertz CT molecular complexity index is 1790. The Hall–Kier alpha value is -4.91. The fourth-order valence-corrected chi connectivity index (χ4v) is 6.23. The van der Waals surface area contributed by atoms with E-state index in [0.717, 1.165) is 72.4 Å². The number of amides is 1. The minimum absolute atomic E-state index is 0.113. The molecule has 0 bridgehead atoms. The summed E-state index contributed by atoms with van der Waals surface area (Å²) in [5.74, 6) is 1.10. The van der Waals surface area contributed by atoms with E-state index in [2.05, 4.69) is 32.7 Å². The molecule has 3 aliphatic rings. The first-order chi connectivity index (χ1) is 22.1. The Morgan fingerprint density at radius 1 is 1.13 bits per heavy atom. The van der Waals surface area contributed by atoms with E-state index < -0.39 is 0 Å². The topological polar surface area (TPSA) is 109 Å². The molecule has 228 valence electrons. The summed E-state index contributed by atoms with van der Waals surface area (Å²) in [6.07, 6.45) is 6.50. The lowest BCUT2D eigenvalue weighted by Gasteiger charge is -2.24. The molecule has 9 nitrogen and oxygen atoms in total. The number of ether oxygens (including phenoxy) is 3. The van der Waals surface area contributed by atoms with Crippen LogP contribution in [0.5, 0.6) is 11.5 Å². The van der Waals surface area contributed by atoms with Gasteiger partial charge >= 0.3 is 0 Å². The minimum atomic E-state index is -0.198. The summed E-state index contributed by atoms with van der Waals surface area (Å²) in [5.41, 5.74) is 6.82. The highest BCUT2D eigenvalue weighted by atomic mass is 16.5. The third-order valence-electron chi connectivity index (χ3n) is 8.55. The van der Waals surface area contributed by atoms with Gasteiger partial charge in [-0.25, -0.2) is 0 Å². The Morgan fingerprint density at radius 2 is 2.00 bits per heavy atom. The number of pyridine rings is 1. The number of nitriles is 1. The second-order valence-corrected chi connectivity index (χ2v) is 11.6. The smallest absolute Gasteiger partial charge is 0.248 e. The van der Waals surface area contributed by atoms with Crippen molar-refractivity contribution in [1.82, 2.24) is 10.3 Å². The van der Waals surface area contributed by atoms with Crippen LogP contribution in [0.2, 0.25) is 0 Å². The van der Waals surface area contributed by atoms with Crippen molar-refractivity contribution >= 4 is 33.9 Å². The molecule has 0 spiro atoms. The minimum Gasteiger partial charge on any atom is -0.489 e. The third kappa shape index (κ3) is 6.34. The number of anilines is 3. The average Bonchev–Trinajstić information content (AvgIpc) is 3.74. The molecule has 7 rings (SSSR count). The summed E-state index contributed by atoms with van der Waals surface area (Å²) < 4.78 is 18.1. The molecule has 4 heterocycles. The zero-order chi connectivity index (χ0) is 30.6. The van der Waals surface area contributed by atoms with E-state index in [4.69, 9.17) is 14.2 Å². The average molecular weight is 602 g/mol. The molecule has 1 unspecified atom stereocenters. The summed E-state index contributed by atoms with van der Waals surface area (Å²) in [4.78, 5) is 20.1. The molecule has 3 aliphatic heterocycles. The van der Waals surface area contributed by atoms with Crippen LogP contribution in [0.3, 0.4) is 0 Å². The first kappa shape index (κ1) is 28.8. The van der Waals surface area contributed by atoms with Gasteiger partial charge in [0.05, 0.1) is 35.7 Å². The maximum atomic E-state index is 13.3. The Balaban J connectivity index is 1.26. The van der Waals surface area contributed by atoms with Gasteiger partial charge in [-0.15, -0.1) is 0 Å². The lowest BCUT2D eigenvalue weighted by atomic mass is 10.0. The number of rotatable bonds is 8. The lowest BCUT2D eigenvalue weighted by Crippen LogP contribution is -2.24. The van der Waals surface area contributed by atoms with E-state index in [-0.39, 0.29) is 12.0 Å². The molecular formula is C36H35N5O4. The van der Waals surface area contributed by atoms with E-state index in [1.165, 1.54) is 5.56 Å². The summed E-state index contributed by atoms with van der Waals surface area (Å²) in [6.45, 7) is 4.03. The van der Waals surface area contributed by atoms with Crippen LogP contribution in [0, 0.1) is 11.3 Å². The first-order valence-electron chi connectivity index (χ1n) is 15.5. The zero-order valence-electron chi connectivity index (χ0n) is 25.1. The molecule has 4 aromatic rings. The Kier molecular flexibility index (Phi) is 8.32. The number of hydrogen-bond donors (Lipinski definition) is 2. The fraction of sp³-hybridized carbons (Fsp3) is 0.306. The van der Waals surface area contributed by atoms with E-state index in [1.54, 1.807) is 12.3 Å². The molecule has 0 aliphatic carbocycles. The monoisotopic (exact) mass is 601 g/mol. The molecule has 2 N–H and O–H groups in total. The van der Waals surface area contributed by atoms with E-state index in [9.17, 15) is 10.1 Å². The van der Waals surface area contributed by atoms with Crippen LogP contribution in [-0.2, 0) is 22.6 Å². The highest BCUT2D eigenvalue weighted by Crippen LogP contribution is 2.43. The highest BCUT2D eigenvalue weighted by molar-refractivity contribution is 6.05. The number of fused-ring (bicyclic) bond motifs is 2. The summed E-state index contributed by atoms with van der Waals surface area (Å²) in [5, 5.41) is 17.4. The maximum absolute atomic E-state index is 13.3. The van der Waals surface area contributed by atoms with Crippen molar-refractivity contribution in [3.05, 3.63) is 95.2 Å². The number of nitrogens with one attached hydrogen (secondary N) is 2. The molecule has 2 fully saturated rings. The van der Waals surface area contributed by atoms with Crippen LogP contribution in [-0.4, -0.2) is 49.8 Å². The quantitative estimate of drug-likeness (QED) is 0.244. The molecule has 1 amide bonds. The third-order valence-corrected chi connectivity index (χ3v) is 8.55. The summed E-state index contributed by atoms with van der Waals surface area (Å²) >= 11 is 0. The summed E-state index contributed by atoms with van der Waals surface area (Å²) in [7, 11) is 0. The van der Waals surface area contributed by atoms with Crippen LogP contribution in [0.1, 0.15) is 36.0 Å². The van der Waals surface area contributed by atoms with Crippen molar-refractivity contribution < 1.29 is 19.0 Å². The van der Waals surface area contributed by atoms with Gasteiger partial charge in [0.25, 0.3) is 0 Å². The Labute approximate surface area is 262 Å². The highest BCUT2D eigenvalue weighted by Gasteiger charge is 2.27. The molecule has 0 saturated carbocycles. The van der Waals surface area contributed by atoms with E-state index >= 15 is 0 Å². The number of nitrogens with zero attached hydrogens (tertiary/aromatic N) is 3. The molecular weight excluding hydrogens is 566 g/mol. The van der Waals surface area contributed by atoms with Crippen LogP contribution < -0.4 is 25.0 Å². The molecule has 1 aromatic heterocycles. The predicted octanol–water partition coefficient (Wildman–Crippen LogP) is 5.80. The Morgan fingerprint density at radius 3 is 2.80 bits per heavy atom. The second-order valence-electron chi connectivity index (χ2n) is 11.6. The van der Waals surface area contributed by atoms with Gasteiger partial charge in [-0.1, -0.05) is 42.0 Å². The van der Waals surface area contributed by atoms with Crippen LogP contribution in [0.15, 0.2) is 78.5 Å². The fourth-order valence-electron chi connectivity index (χ4n) is 6.23. The van der Waals surface area contributed by atoms with Gasteiger partial charge in [0, 0.05) is 48.4 Å². The standard InChI is InChI=1S/C36H35N5O4/c37-20-27-21-39-31-19-34(45-29-11-15-43-23-29)32(40-35(42)16-24-8-12-38-13-9-24)18-30(31)36(27)41-14-10-26-6-7-28(17-33(26)41)44-22-25-4-2-1-3-5-25/h1-7,16-19,21,29,38H,8-15,22-23H2,(H,40,42). The van der Waals surface area contributed by atoms with E-state index in [1.807, 2.05) is 54.6 Å². The molecule has 3 aromatic carbocycles. The lowest BCUT2D eigenvalue weighted by molar-refractivity contribution is -0.112. The number of hydrogen-bond acceptors (Lipinski definition) is 8. The van der Waals surface area contributed by atoms with Gasteiger partial charge in [0.2, 0.25) is 5.91 Å². The van der Waals surface area contributed by atoms with Crippen molar-refractivity contribution in [2.45, 2.75) is 38.4 Å². The number of aromatic nitrogens is 1. The van der Waals surface area contributed by atoms with Crippen LogP contribution >= 0.6 is 0 Å². The molecule has 2 saturated heterocycles. The number of carbonyl (C=O) groups excluding carboxylic acids is 1. The zero-order valence-corrected chi connectivity index (χ0v) is 25.1. The van der Waals surface area contributed by atoms with Crippen molar-refractivity contribution in [2.24, 2.45) is 0 Å². The van der Waals surface area contributed by atoms with Crippen molar-refractivity contribution in [2.75, 3.05) is 43.1 Å². The van der Waals surface area contributed by atoms with Gasteiger partial charge in [-0.05, 0) is 55.6 Å². The van der Waals surface area contributed by atoms with Crippen molar-refractivity contribution in [3.63, 3.8) is 0 Å². The van der Waals surface area contributed by atoms with Crippen LogP contribution in [0.4, 0.5) is 17.1 Å². The molecule has 9 heteroatoms. The number of piperidine rings is 1. The maximum Gasteiger partial charge on any atom is 0.248 e. The molecule has 1 atom stereocenters. The van der Waals surface area contributed by atoms with Crippen LogP contribution in [0.25, 0.3) is 10.9 Å². The largest absolute Gasteiger partial charge is 0.489 e. The second kappa shape index (κ2) is 13.0. The number of carbonyl (C=O) groups is 1. The van der Waals surface area contributed by atoms with Crippen molar-refractivity contribution in [1.29, 1.82) is 5.26 Å². The van der Waals surface area contributed by atoms with Crippen molar-refractivity contribution in [3.8, 4) is 17.6 Å². The van der Waals surface area contributed by atoms with Gasteiger partial charge in [0.1, 0.15) is 30.3 Å². The molecule has 0 radical (unpaired) electrons. The first-order valence-corrected chi connectivity index (χ1v) is 15.5. The number of benzene rings is 3. The normalized spacial score (nSPS) is 17.5.